The third-order valence-electron chi connectivity index (χ3n) is 0.819. The normalized spacial score (nSPS) is 13.0. The summed E-state index contributed by atoms with van der Waals surface area (Å²) in [5.41, 5.74) is 0. The Morgan fingerprint density at radius 1 is 1.70 bits per heavy atom. The minimum atomic E-state index is -0.780. The summed E-state index contributed by atoms with van der Waals surface area (Å²) in [7, 11) is 0. The first-order chi connectivity index (χ1) is 4.63. The Balaban J connectivity index is 2.98. The van der Waals surface area contributed by atoms with E-state index < -0.39 is 5.97 Å². The standard InChI is InChI=1S/C6H12O3S/c1-5(7)4-10-3-2-6(8)9/h5,7H,2-4H2,1H3,(H,8,9). The average molecular weight is 164 g/mol. The van der Waals surface area contributed by atoms with E-state index in [-0.39, 0.29) is 12.5 Å². The maximum Gasteiger partial charge on any atom is 0.304 e. The van der Waals surface area contributed by atoms with Gasteiger partial charge in [0, 0.05) is 11.5 Å². The number of aliphatic hydroxyl groups is 1. The molecule has 1 atom stereocenters. The first-order valence-electron chi connectivity index (χ1n) is 3.10. The molecule has 0 aromatic rings. The number of carbonyl (C=O) groups is 1. The predicted octanol–water partition coefficient (Wildman–Crippen LogP) is 0.575. The number of carboxylic acids is 1. The maximum absolute atomic E-state index is 9.97. The van der Waals surface area contributed by atoms with Crippen LogP contribution in [0.5, 0.6) is 0 Å². The fraction of sp³-hybridized carbons (Fsp3) is 0.833. The van der Waals surface area contributed by atoms with Crippen molar-refractivity contribution in [1.29, 1.82) is 0 Å². The van der Waals surface area contributed by atoms with E-state index >= 15 is 0 Å². The molecule has 0 radical (unpaired) electrons. The van der Waals surface area contributed by atoms with E-state index in [4.69, 9.17) is 10.2 Å². The Bertz CT molecular complexity index is 103. The van der Waals surface area contributed by atoms with Gasteiger partial charge in [0.25, 0.3) is 0 Å². The van der Waals surface area contributed by atoms with E-state index in [2.05, 4.69) is 0 Å². The van der Waals surface area contributed by atoms with Crippen molar-refractivity contribution in [2.75, 3.05) is 11.5 Å². The molecule has 0 aliphatic carbocycles. The van der Waals surface area contributed by atoms with Crippen LogP contribution < -0.4 is 0 Å². The van der Waals surface area contributed by atoms with Crippen LogP contribution in [0.1, 0.15) is 13.3 Å². The van der Waals surface area contributed by atoms with Gasteiger partial charge in [0.05, 0.1) is 12.5 Å². The first-order valence-corrected chi connectivity index (χ1v) is 4.26. The van der Waals surface area contributed by atoms with Gasteiger partial charge in [-0.3, -0.25) is 4.79 Å². The highest BCUT2D eigenvalue weighted by atomic mass is 32.2. The lowest BCUT2D eigenvalue weighted by atomic mass is 10.5. The molecule has 0 bridgehead atoms. The van der Waals surface area contributed by atoms with Crippen LogP contribution in [0, 0.1) is 0 Å². The van der Waals surface area contributed by atoms with Gasteiger partial charge in [-0.15, -0.1) is 0 Å². The van der Waals surface area contributed by atoms with Crippen LogP contribution >= 0.6 is 11.8 Å². The Morgan fingerprint density at radius 2 is 2.30 bits per heavy atom. The number of thioether (sulfide) groups is 1. The zero-order valence-electron chi connectivity index (χ0n) is 5.91. The zero-order valence-corrected chi connectivity index (χ0v) is 6.73. The molecule has 4 heteroatoms. The molecule has 0 saturated heterocycles. The van der Waals surface area contributed by atoms with E-state index in [1.165, 1.54) is 11.8 Å². The van der Waals surface area contributed by atoms with Crippen molar-refractivity contribution in [1.82, 2.24) is 0 Å². The van der Waals surface area contributed by atoms with Crippen molar-refractivity contribution in [3.8, 4) is 0 Å². The largest absolute Gasteiger partial charge is 0.481 e. The molecule has 10 heavy (non-hydrogen) atoms. The van der Waals surface area contributed by atoms with E-state index in [9.17, 15) is 4.79 Å². The number of rotatable bonds is 5. The maximum atomic E-state index is 9.97. The molecule has 0 saturated carbocycles. The summed E-state index contributed by atoms with van der Waals surface area (Å²) in [6, 6.07) is 0. The van der Waals surface area contributed by atoms with Crippen molar-refractivity contribution >= 4 is 17.7 Å². The summed E-state index contributed by atoms with van der Waals surface area (Å²) in [4.78, 5) is 9.97. The van der Waals surface area contributed by atoms with Gasteiger partial charge in [-0.05, 0) is 6.92 Å². The quantitative estimate of drug-likeness (QED) is 0.583. The van der Waals surface area contributed by atoms with Gasteiger partial charge in [0.2, 0.25) is 0 Å². The van der Waals surface area contributed by atoms with Gasteiger partial charge in [0.15, 0.2) is 0 Å². The lowest BCUT2D eigenvalue weighted by Gasteiger charge is -2.00. The molecule has 0 rings (SSSR count). The third kappa shape index (κ3) is 7.78. The molecule has 1 unspecified atom stereocenters. The topological polar surface area (TPSA) is 57.5 Å². The highest BCUT2D eigenvalue weighted by molar-refractivity contribution is 7.99. The molecule has 0 aromatic heterocycles. The minimum absolute atomic E-state index is 0.178. The second kappa shape index (κ2) is 5.56. The summed E-state index contributed by atoms with van der Waals surface area (Å²) in [5.74, 6) is 0.422. The summed E-state index contributed by atoms with van der Waals surface area (Å²) >= 11 is 1.46. The summed E-state index contributed by atoms with van der Waals surface area (Å²) < 4.78 is 0. The smallest absolute Gasteiger partial charge is 0.304 e. The van der Waals surface area contributed by atoms with E-state index in [0.29, 0.717) is 11.5 Å². The van der Waals surface area contributed by atoms with Crippen molar-refractivity contribution in [2.45, 2.75) is 19.4 Å². The number of aliphatic carboxylic acids is 1. The number of hydrogen-bond acceptors (Lipinski definition) is 3. The van der Waals surface area contributed by atoms with Crippen LogP contribution in [0.2, 0.25) is 0 Å². The molecule has 0 heterocycles. The van der Waals surface area contributed by atoms with Crippen molar-refractivity contribution in [3.05, 3.63) is 0 Å². The van der Waals surface area contributed by atoms with Gasteiger partial charge in [-0.2, -0.15) is 11.8 Å². The molecule has 2 N–H and O–H groups in total. The van der Waals surface area contributed by atoms with Crippen molar-refractivity contribution < 1.29 is 15.0 Å². The second-order valence-corrected chi connectivity index (χ2v) is 3.22. The highest BCUT2D eigenvalue weighted by Crippen LogP contribution is 2.03. The predicted molar refractivity (Wildman–Crippen MR) is 41.3 cm³/mol. The minimum Gasteiger partial charge on any atom is -0.481 e. The van der Waals surface area contributed by atoms with E-state index in [1.54, 1.807) is 6.92 Å². The number of carboxylic acid groups (broad SMARTS) is 1. The molecule has 0 aliphatic rings. The molecular formula is C6H12O3S. The molecule has 3 nitrogen and oxygen atoms in total. The van der Waals surface area contributed by atoms with E-state index in [0.717, 1.165) is 0 Å². The van der Waals surface area contributed by atoms with Crippen LogP contribution in [0.4, 0.5) is 0 Å². The Morgan fingerprint density at radius 3 is 2.70 bits per heavy atom. The third-order valence-corrected chi connectivity index (χ3v) is 2.03. The van der Waals surface area contributed by atoms with Gasteiger partial charge in [-0.1, -0.05) is 0 Å². The second-order valence-electron chi connectivity index (χ2n) is 2.07. The van der Waals surface area contributed by atoms with Gasteiger partial charge in [-0.25, -0.2) is 0 Å². The van der Waals surface area contributed by atoms with Crippen LogP contribution in [-0.4, -0.2) is 33.8 Å². The van der Waals surface area contributed by atoms with Crippen molar-refractivity contribution in [2.24, 2.45) is 0 Å². The number of hydrogen-bond donors (Lipinski definition) is 2. The van der Waals surface area contributed by atoms with E-state index in [1.807, 2.05) is 0 Å². The molecule has 0 fully saturated rings. The summed E-state index contributed by atoms with van der Waals surface area (Å²) in [6.45, 7) is 1.69. The molecule has 0 spiro atoms. The van der Waals surface area contributed by atoms with Crippen LogP contribution in [0.25, 0.3) is 0 Å². The Kier molecular flexibility index (Phi) is 5.43. The monoisotopic (exact) mass is 164 g/mol. The fourth-order valence-corrected chi connectivity index (χ4v) is 1.24. The summed E-state index contributed by atoms with van der Waals surface area (Å²) in [5, 5.41) is 17.0. The lowest BCUT2D eigenvalue weighted by Crippen LogP contribution is -2.04. The average Bonchev–Trinajstić information content (AvgIpc) is 1.79. The SMILES string of the molecule is CC(O)CSCCC(=O)O. The summed E-state index contributed by atoms with van der Waals surface area (Å²) in [6.07, 6.45) is -0.156. The Labute approximate surface area is 64.4 Å². The Hall–Kier alpha value is -0.220. The van der Waals surface area contributed by atoms with Crippen LogP contribution in [0.3, 0.4) is 0 Å². The fourth-order valence-electron chi connectivity index (χ4n) is 0.413. The van der Waals surface area contributed by atoms with Gasteiger partial charge >= 0.3 is 5.97 Å². The first kappa shape index (κ1) is 9.78. The lowest BCUT2D eigenvalue weighted by molar-refractivity contribution is -0.136. The zero-order chi connectivity index (χ0) is 7.98. The molecule has 0 amide bonds. The van der Waals surface area contributed by atoms with Crippen LogP contribution in [0.15, 0.2) is 0 Å². The molecular weight excluding hydrogens is 152 g/mol. The highest BCUT2D eigenvalue weighted by Gasteiger charge is 1.98. The molecule has 0 aromatic carbocycles. The van der Waals surface area contributed by atoms with Crippen molar-refractivity contribution in [3.63, 3.8) is 0 Å². The number of aliphatic hydroxyl groups excluding tert-OH is 1. The molecule has 60 valence electrons. The molecule has 0 aliphatic heterocycles. The van der Waals surface area contributed by atoms with Crippen LogP contribution in [-0.2, 0) is 4.79 Å². The van der Waals surface area contributed by atoms with Gasteiger partial charge in [0.1, 0.15) is 0 Å². The van der Waals surface area contributed by atoms with Gasteiger partial charge < -0.3 is 10.2 Å².